The Bertz CT molecular complexity index is 786. The summed E-state index contributed by atoms with van der Waals surface area (Å²) in [7, 11) is 1.26. The van der Waals surface area contributed by atoms with Crippen LogP contribution in [0, 0.1) is 5.92 Å². The van der Waals surface area contributed by atoms with Crippen molar-refractivity contribution in [2.45, 2.75) is 13.0 Å². The van der Waals surface area contributed by atoms with E-state index in [0.717, 1.165) is 4.90 Å². The fourth-order valence-corrected chi connectivity index (χ4v) is 2.78. The lowest BCUT2D eigenvalue weighted by Crippen LogP contribution is -2.36. The quantitative estimate of drug-likeness (QED) is 0.596. The molecule has 2 aliphatic heterocycles. The number of nitrogens with one attached hydrogen (secondary N) is 1. The van der Waals surface area contributed by atoms with Crippen molar-refractivity contribution in [1.82, 2.24) is 5.43 Å². The largest absolute Gasteiger partial charge is 0.465 e. The van der Waals surface area contributed by atoms with E-state index in [-0.39, 0.29) is 17.9 Å². The van der Waals surface area contributed by atoms with Crippen LogP contribution in [0.1, 0.15) is 17.3 Å². The van der Waals surface area contributed by atoms with Crippen LogP contribution in [-0.4, -0.2) is 49.2 Å². The zero-order chi connectivity index (χ0) is 18.1. The third-order valence-electron chi connectivity index (χ3n) is 3.96. The molecule has 0 unspecified atom stereocenters. The van der Waals surface area contributed by atoms with Crippen LogP contribution in [0.2, 0.25) is 0 Å². The highest BCUT2D eigenvalue weighted by molar-refractivity contribution is 6.46. The lowest BCUT2D eigenvalue weighted by molar-refractivity contribution is -0.136. The molecule has 0 aliphatic carbocycles. The number of amides is 2. The summed E-state index contributed by atoms with van der Waals surface area (Å²) in [6, 6.07) is 4.88. The molecule has 1 fully saturated rings. The van der Waals surface area contributed by atoms with Gasteiger partial charge in [-0.25, -0.2) is 14.5 Å². The molecule has 1 saturated heterocycles. The molecule has 0 bridgehead atoms. The number of carbonyl (C=O) groups excluding carboxylic acids is 4. The third kappa shape index (κ3) is 2.63. The van der Waals surface area contributed by atoms with Crippen molar-refractivity contribution in [2.75, 3.05) is 18.6 Å². The number of anilines is 1. The number of hydrazone groups is 1. The number of nitrogens with zero attached hydrogens (tertiary/aromatic N) is 2. The zero-order valence-electron chi connectivity index (χ0n) is 13.5. The van der Waals surface area contributed by atoms with Crippen LogP contribution in [0.25, 0.3) is 0 Å². The fraction of sp³-hybridized carbons (Fsp3) is 0.312. The van der Waals surface area contributed by atoms with Crippen LogP contribution >= 0.6 is 0 Å². The molecule has 2 atom stereocenters. The van der Waals surface area contributed by atoms with Gasteiger partial charge in [0.05, 0.1) is 25.0 Å². The summed E-state index contributed by atoms with van der Waals surface area (Å²) < 4.78 is 9.47. The summed E-state index contributed by atoms with van der Waals surface area (Å²) in [5.41, 5.74) is 3.00. The number of imide groups is 1. The number of fused-ring (bicyclic) bond motifs is 1. The number of hydrogen-bond donors (Lipinski definition) is 1. The van der Waals surface area contributed by atoms with Gasteiger partial charge in [0, 0.05) is 0 Å². The van der Waals surface area contributed by atoms with E-state index in [9.17, 15) is 19.2 Å². The molecule has 1 aromatic carbocycles. The van der Waals surface area contributed by atoms with Gasteiger partial charge in [-0.15, -0.1) is 0 Å². The standard InChI is InChI=1S/C16H15N3O6/c1-3-25-16(23)12-10-11(17-18-12)14(21)19(13(10)20)9-6-4-8(5-7-9)15(22)24-2/h4-7,10-11,17H,3H2,1-2H3/t10-,11-/m0/s1. The molecule has 25 heavy (non-hydrogen) atoms. The average Bonchev–Trinajstić information content (AvgIpc) is 3.15. The molecular weight excluding hydrogens is 330 g/mol. The molecule has 1 N–H and O–H groups in total. The number of methoxy groups -OCH3 is 1. The lowest BCUT2D eigenvalue weighted by atomic mass is 9.99. The van der Waals surface area contributed by atoms with Gasteiger partial charge in [0.1, 0.15) is 12.0 Å². The SMILES string of the molecule is CCOC(=O)C1=NN[C@@H]2C(=O)N(c3ccc(C(=O)OC)cc3)C(=O)[C@H]12. The van der Waals surface area contributed by atoms with E-state index in [1.807, 2.05) is 0 Å². The minimum absolute atomic E-state index is 0.112. The minimum Gasteiger partial charge on any atom is -0.465 e. The maximum Gasteiger partial charge on any atom is 0.355 e. The van der Waals surface area contributed by atoms with Crippen LogP contribution in [-0.2, 0) is 23.9 Å². The molecule has 2 aliphatic rings. The summed E-state index contributed by atoms with van der Waals surface area (Å²) in [4.78, 5) is 49.5. The Balaban J connectivity index is 1.87. The Morgan fingerprint density at radius 2 is 1.84 bits per heavy atom. The molecule has 2 amide bonds. The molecule has 9 heteroatoms. The van der Waals surface area contributed by atoms with Gasteiger partial charge in [-0.05, 0) is 31.2 Å². The highest BCUT2D eigenvalue weighted by Crippen LogP contribution is 2.31. The van der Waals surface area contributed by atoms with E-state index in [1.165, 1.54) is 31.4 Å². The number of ether oxygens (including phenoxy) is 2. The lowest BCUT2D eigenvalue weighted by Gasteiger charge is -2.15. The first-order valence-electron chi connectivity index (χ1n) is 7.56. The Kier molecular flexibility index (Phi) is 4.22. The second-order valence-corrected chi connectivity index (χ2v) is 5.35. The molecule has 2 heterocycles. The molecule has 0 aromatic heterocycles. The second kappa shape index (κ2) is 6.34. The normalized spacial score (nSPS) is 21.5. The van der Waals surface area contributed by atoms with E-state index in [1.54, 1.807) is 6.92 Å². The Labute approximate surface area is 142 Å². The van der Waals surface area contributed by atoms with E-state index < -0.39 is 35.7 Å². The van der Waals surface area contributed by atoms with Crippen molar-refractivity contribution in [2.24, 2.45) is 11.0 Å². The van der Waals surface area contributed by atoms with Crippen molar-refractivity contribution < 1.29 is 28.7 Å². The van der Waals surface area contributed by atoms with Crippen molar-refractivity contribution in [3.63, 3.8) is 0 Å². The molecule has 9 nitrogen and oxygen atoms in total. The number of esters is 2. The van der Waals surface area contributed by atoms with Gasteiger partial charge < -0.3 is 9.47 Å². The van der Waals surface area contributed by atoms with Crippen molar-refractivity contribution in [1.29, 1.82) is 0 Å². The van der Waals surface area contributed by atoms with Crippen LogP contribution in [0.15, 0.2) is 29.4 Å². The summed E-state index contributed by atoms with van der Waals surface area (Å²) >= 11 is 0. The van der Waals surface area contributed by atoms with Crippen molar-refractivity contribution in [3.05, 3.63) is 29.8 Å². The fourth-order valence-electron chi connectivity index (χ4n) is 2.78. The molecular formula is C16H15N3O6. The predicted octanol–water partition coefficient (Wildman–Crippen LogP) is -0.147. The van der Waals surface area contributed by atoms with Gasteiger partial charge in [0.15, 0.2) is 5.71 Å². The first kappa shape index (κ1) is 16.6. The highest BCUT2D eigenvalue weighted by atomic mass is 16.5. The Morgan fingerprint density at radius 3 is 2.44 bits per heavy atom. The number of rotatable bonds is 4. The van der Waals surface area contributed by atoms with E-state index >= 15 is 0 Å². The van der Waals surface area contributed by atoms with Crippen LogP contribution in [0.3, 0.4) is 0 Å². The minimum atomic E-state index is -1.02. The third-order valence-corrected chi connectivity index (χ3v) is 3.96. The van der Waals surface area contributed by atoms with Gasteiger partial charge in [-0.2, -0.15) is 5.10 Å². The first-order chi connectivity index (χ1) is 12.0. The van der Waals surface area contributed by atoms with Crippen molar-refractivity contribution in [3.8, 4) is 0 Å². The molecule has 3 rings (SSSR count). The average molecular weight is 345 g/mol. The number of hydrogen-bond acceptors (Lipinski definition) is 8. The van der Waals surface area contributed by atoms with E-state index in [4.69, 9.17) is 4.74 Å². The monoisotopic (exact) mass is 345 g/mol. The summed E-state index contributed by atoms with van der Waals surface area (Å²) in [6.07, 6.45) is 0. The highest BCUT2D eigenvalue weighted by Gasteiger charge is 2.55. The Morgan fingerprint density at radius 1 is 1.16 bits per heavy atom. The smallest absolute Gasteiger partial charge is 0.355 e. The molecule has 1 aromatic rings. The van der Waals surface area contributed by atoms with Gasteiger partial charge in [-0.3, -0.25) is 15.0 Å². The van der Waals surface area contributed by atoms with Gasteiger partial charge in [0.2, 0.25) is 5.91 Å². The second-order valence-electron chi connectivity index (χ2n) is 5.35. The van der Waals surface area contributed by atoms with E-state index in [2.05, 4.69) is 15.3 Å². The topological polar surface area (TPSA) is 114 Å². The maximum absolute atomic E-state index is 12.7. The molecule has 0 radical (unpaired) electrons. The molecule has 130 valence electrons. The van der Waals surface area contributed by atoms with Crippen LogP contribution < -0.4 is 10.3 Å². The summed E-state index contributed by atoms with van der Waals surface area (Å²) in [6.45, 7) is 1.77. The number of carbonyl (C=O) groups is 4. The molecule has 0 spiro atoms. The summed E-state index contributed by atoms with van der Waals surface area (Å²) in [5.74, 6) is -3.37. The Hall–Kier alpha value is -3.23. The number of benzene rings is 1. The maximum atomic E-state index is 12.7. The van der Waals surface area contributed by atoms with Crippen molar-refractivity contribution >= 4 is 35.2 Å². The van der Waals surface area contributed by atoms with E-state index in [0.29, 0.717) is 5.69 Å². The van der Waals surface area contributed by atoms with Crippen LogP contribution in [0.4, 0.5) is 5.69 Å². The van der Waals surface area contributed by atoms with Gasteiger partial charge >= 0.3 is 11.9 Å². The summed E-state index contributed by atoms with van der Waals surface area (Å²) in [5, 5.41) is 3.78. The zero-order valence-corrected chi connectivity index (χ0v) is 13.5. The predicted molar refractivity (Wildman–Crippen MR) is 84.8 cm³/mol. The van der Waals surface area contributed by atoms with Gasteiger partial charge in [-0.1, -0.05) is 0 Å². The van der Waals surface area contributed by atoms with Gasteiger partial charge in [0.25, 0.3) is 5.91 Å². The molecule has 0 saturated carbocycles. The first-order valence-corrected chi connectivity index (χ1v) is 7.56. The van der Waals surface area contributed by atoms with Crippen LogP contribution in [0.5, 0.6) is 0 Å².